The number of nitrogens with zero attached hydrogens (tertiary/aromatic N) is 2. The highest BCUT2D eigenvalue weighted by Crippen LogP contribution is 2.24. The highest BCUT2D eigenvalue weighted by molar-refractivity contribution is 14.0. The number of piperidine rings is 1. The summed E-state index contributed by atoms with van der Waals surface area (Å²) in [4.78, 5) is 18.6. The molecule has 1 unspecified atom stereocenters. The fourth-order valence-corrected chi connectivity index (χ4v) is 3.13. The summed E-state index contributed by atoms with van der Waals surface area (Å²) in [5.41, 5.74) is 0. The van der Waals surface area contributed by atoms with E-state index in [1.807, 2.05) is 26.0 Å². The lowest BCUT2D eigenvalue weighted by atomic mass is 10.1. The van der Waals surface area contributed by atoms with Gasteiger partial charge in [0.25, 0.3) is 0 Å². The predicted octanol–water partition coefficient (Wildman–Crippen LogP) is 2.51. The second-order valence-electron chi connectivity index (χ2n) is 6.55. The monoisotopic (exact) mass is 491 g/mol. The minimum Gasteiger partial charge on any atom is -0.468 e. The molecule has 27 heavy (non-hydrogen) atoms. The summed E-state index contributed by atoms with van der Waals surface area (Å²) in [6.45, 7) is 8.47. The van der Waals surface area contributed by atoms with Crippen molar-refractivity contribution in [3.63, 3.8) is 0 Å². The van der Waals surface area contributed by atoms with Crippen LogP contribution in [0.25, 0.3) is 0 Å². The molecule has 2 rings (SSSR count). The number of carbonyl (C=O) groups excluding carboxylic acids is 1. The second-order valence-corrected chi connectivity index (χ2v) is 6.55. The molecule has 1 saturated heterocycles. The lowest BCUT2D eigenvalue weighted by Crippen LogP contribution is -2.44. The lowest BCUT2D eigenvalue weighted by molar-refractivity contribution is -0.119. The number of hydrogen-bond acceptors (Lipinski definition) is 4. The minimum absolute atomic E-state index is 0. The van der Waals surface area contributed by atoms with Gasteiger partial charge in [-0.2, -0.15) is 0 Å². The first-order chi connectivity index (χ1) is 12.7. The number of nitrogens with one attached hydrogen (secondary N) is 3. The van der Waals surface area contributed by atoms with Crippen molar-refractivity contribution < 1.29 is 9.21 Å². The van der Waals surface area contributed by atoms with E-state index in [0.717, 1.165) is 31.8 Å². The van der Waals surface area contributed by atoms with Gasteiger partial charge in [-0.1, -0.05) is 13.3 Å². The van der Waals surface area contributed by atoms with Crippen LogP contribution in [0, 0.1) is 0 Å². The molecule has 1 aromatic rings. The molecule has 0 spiro atoms. The first-order valence-corrected chi connectivity index (χ1v) is 9.81. The van der Waals surface area contributed by atoms with Gasteiger partial charge in [0.1, 0.15) is 12.3 Å². The third-order valence-corrected chi connectivity index (χ3v) is 4.46. The largest absolute Gasteiger partial charge is 0.468 e. The number of guanidine groups is 1. The van der Waals surface area contributed by atoms with E-state index in [1.54, 1.807) is 6.26 Å². The Balaban J connectivity index is 0.00000364. The van der Waals surface area contributed by atoms with Gasteiger partial charge < -0.3 is 20.4 Å². The maximum absolute atomic E-state index is 11.8. The smallest absolute Gasteiger partial charge is 0.241 e. The van der Waals surface area contributed by atoms with Crippen molar-refractivity contribution in [2.24, 2.45) is 4.99 Å². The van der Waals surface area contributed by atoms with E-state index in [9.17, 15) is 4.79 Å². The maximum atomic E-state index is 11.8. The zero-order valence-electron chi connectivity index (χ0n) is 16.5. The minimum atomic E-state index is -0.0531. The topological polar surface area (TPSA) is 81.9 Å². The number of amides is 1. The van der Waals surface area contributed by atoms with Crippen LogP contribution in [0.4, 0.5) is 0 Å². The van der Waals surface area contributed by atoms with Gasteiger partial charge in [-0.3, -0.25) is 9.69 Å². The first-order valence-electron chi connectivity index (χ1n) is 9.81. The van der Waals surface area contributed by atoms with Crippen molar-refractivity contribution in [1.82, 2.24) is 20.9 Å². The third-order valence-electron chi connectivity index (χ3n) is 4.46. The van der Waals surface area contributed by atoms with E-state index in [1.165, 1.54) is 19.3 Å². The van der Waals surface area contributed by atoms with Crippen LogP contribution in [0.1, 0.15) is 51.3 Å². The van der Waals surface area contributed by atoms with Crippen LogP contribution in [0.2, 0.25) is 0 Å². The standard InChI is InChI=1S/C19H33N5O2.HI/c1-3-10-21-18(25)15-23-19(20-4-2)22-14-16(17-9-8-13-26-17)24-11-6-5-7-12-24;/h8-9,13,16H,3-7,10-12,14-15H2,1-2H3,(H,21,25)(H2,20,22,23);1H. The molecule has 1 aliphatic rings. The Bertz CT molecular complexity index is 544. The first kappa shape index (κ1) is 23.7. The zero-order chi connectivity index (χ0) is 18.6. The molecule has 0 bridgehead atoms. The number of furan rings is 1. The maximum Gasteiger partial charge on any atom is 0.241 e. The number of hydrogen-bond donors (Lipinski definition) is 3. The molecule has 2 heterocycles. The van der Waals surface area contributed by atoms with Gasteiger partial charge in [0.05, 0.1) is 12.3 Å². The number of aliphatic imine (C=N–C) groups is 1. The molecule has 0 aliphatic carbocycles. The van der Waals surface area contributed by atoms with Gasteiger partial charge in [0.2, 0.25) is 5.91 Å². The molecule has 1 fully saturated rings. The molecule has 1 aromatic heterocycles. The van der Waals surface area contributed by atoms with E-state index in [2.05, 4.69) is 25.8 Å². The fourth-order valence-electron chi connectivity index (χ4n) is 3.13. The number of rotatable bonds is 9. The summed E-state index contributed by atoms with van der Waals surface area (Å²) in [6.07, 6.45) is 6.40. The molecular weight excluding hydrogens is 457 g/mol. The fraction of sp³-hybridized carbons (Fsp3) is 0.684. The normalized spacial score (nSPS) is 16.3. The quantitative estimate of drug-likeness (QED) is 0.281. The van der Waals surface area contributed by atoms with Crippen molar-refractivity contribution in [2.75, 3.05) is 39.3 Å². The Kier molecular flexibility index (Phi) is 12.2. The Morgan fingerprint density at radius 2 is 2.00 bits per heavy atom. The van der Waals surface area contributed by atoms with Crippen LogP contribution in [-0.4, -0.2) is 56.0 Å². The molecule has 3 N–H and O–H groups in total. The molecule has 1 amide bonds. The molecular formula is C19H34IN5O2. The van der Waals surface area contributed by atoms with Crippen molar-refractivity contribution in [3.8, 4) is 0 Å². The van der Waals surface area contributed by atoms with Crippen molar-refractivity contribution in [1.29, 1.82) is 0 Å². The molecule has 1 aliphatic heterocycles. The molecule has 8 heteroatoms. The van der Waals surface area contributed by atoms with Crippen LogP contribution < -0.4 is 16.0 Å². The van der Waals surface area contributed by atoms with Gasteiger partial charge in [-0.15, -0.1) is 24.0 Å². The van der Waals surface area contributed by atoms with E-state index in [-0.39, 0.29) is 42.5 Å². The summed E-state index contributed by atoms with van der Waals surface area (Å²) >= 11 is 0. The van der Waals surface area contributed by atoms with Gasteiger partial charge in [-0.05, 0) is 51.4 Å². The number of halogens is 1. The summed E-state index contributed by atoms with van der Waals surface area (Å²) < 4.78 is 5.68. The SMILES string of the molecule is CCCNC(=O)CN=C(NCC)NCC(c1ccco1)N1CCCCC1.I. The Hall–Kier alpha value is -1.29. The molecule has 1 atom stereocenters. The van der Waals surface area contributed by atoms with Crippen LogP contribution in [0.15, 0.2) is 27.8 Å². The highest BCUT2D eigenvalue weighted by atomic mass is 127. The molecule has 0 aromatic carbocycles. The average molecular weight is 491 g/mol. The van der Waals surface area contributed by atoms with E-state index in [4.69, 9.17) is 4.42 Å². The van der Waals surface area contributed by atoms with E-state index in [0.29, 0.717) is 19.0 Å². The van der Waals surface area contributed by atoms with Crippen LogP contribution in [0.5, 0.6) is 0 Å². The number of likely N-dealkylation sites (tertiary alicyclic amines) is 1. The third kappa shape index (κ3) is 8.50. The van der Waals surface area contributed by atoms with Gasteiger partial charge in [0.15, 0.2) is 5.96 Å². The Labute approximate surface area is 179 Å². The van der Waals surface area contributed by atoms with Crippen molar-refractivity contribution in [3.05, 3.63) is 24.2 Å². The van der Waals surface area contributed by atoms with Gasteiger partial charge in [0, 0.05) is 19.6 Å². The van der Waals surface area contributed by atoms with Gasteiger partial charge in [-0.25, -0.2) is 4.99 Å². The Morgan fingerprint density at radius 3 is 2.63 bits per heavy atom. The summed E-state index contributed by atoms with van der Waals surface area (Å²) in [7, 11) is 0. The zero-order valence-corrected chi connectivity index (χ0v) is 18.8. The van der Waals surface area contributed by atoms with Crippen LogP contribution in [-0.2, 0) is 4.79 Å². The van der Waals surface area contributed by atoms with Crippen molar-refractivity contribution >= 4 is 35.8 Å². The second kappa shape index (κ2) is 13.8. The summed E-state index contributed by atoms with van der Waals surface area (Å²) in [5, 5.41) is 9.43. The van der Waals surface area contributed by atoms with E-state index >= 15 is 0 Å². The molecule has 7 nitrogen and oxygen atoms in total. The molecule has 154 valence electrons. The average Bonchev–Trinajstić information content (AvgIpc) is 3.19. The molecule has 0 radical (unpaired) electrons. The Morgan fingerprint density at radius 1 is 1.22 bits per heavy atom. The van der Waals surface area contributed by atoms with Crippen LogP contribution in [0.3, 0.4) is 0 Å². The predicted molar refractivity (Wildman–Crippen MR) is 120 cm³/mol. The van der Waals surface area contributed by atoms with Crippen molar-refractivity contribution in [2.45, 2.75) is 45.6 Å². The molecule has 0 saturated carbocycles. The van der Waals surface area contributed by atoms with Crippen LogP contribution >= 0.6 is 24.0 Å². The van der Waals surface area contributed by atoms with E-state index < -0.39 is 0 Å². The number of carbonyl (C=O) groups is 1. The lowest BCUT2D eigenvalue weighted by Gasteiger charge is -2.33. The van der Waals surface area contributed by atoms with Gasteiger partial charge >= 0.3 is 0 Å². The summed E-state index contributed by atoms with van der Waals surface area (Å²) in [5.74, 6) is 1.58. The highest BCUT2D eigenvalue weighted by Gasteiger charge is 2.24. The summed E-state index contributed by atoms with van der Waals surface area (Å²) in [6, 6.07) is 4.13.